The second-order valence-electron chi connectivity index (χ2n) is 6.31. The quantitative estimate of drug-likeness (QED) is 0.531. The number of aromatic carboxylic acids is 1. The van der Waals surface area contributed by atoms with E-state index in [0.29, 0.717) is 6.42 Å². The zero-order chi connectivity index (χ0) is 21.8. The first-order valence-electron chi connectivity index (χ1n) is 8.97. The maximum atomic E-state index is 12.8. The molecule has 9 heteroatoms. The van der Waals surface area contributed by atoms with Gasteiger partial charge in [0.15, 0.2) is 0 Å². The number of carboxylic acids is 1. The summed E-state index contributed by atoms with van der Waals surface area (Å²) in [6, 6.07) is 11.3. The van der Waals surface area contributed by atoms with E-state index in [9.17, 15) is 24.3 Å². The van der Waals surface area contributed by atoms with Gasteiger partial charge in [0.1, 0.15) is 10.7 Å². The van der Waals surface area contributed by atoms with Crippen LogP contribution >= 0.6 is 11.6 Å². The van der Waals surface area contributed by atoms with Gasteiger partial charge in [0, 0.05) is 5.69 Å². The number of hydrogen-bond acceptors (Lipinski definition) is 7. The molecule has 0 bridgehead atoms. The first-order valence-corrected chi connectivity index (χ1v) is 9.35. The van der Waals surface area contributed by atoms with E-state index in [4.69, 9.17) is 16.3 Å². The predicted octanol–water partition coefficient (Wildman–Crippen LogP) is 2.05. The molecule has 1 heterocycles. The summed E-state index contributed by atoms with van der Waals surface area (Å²) in [5, 5.41) is 13.3. The smallest absolute Gasteiger partial charge is 0.338 e. The van der Waals surface area contributed by atoms with E-state index in [-0.39, 0.29) is 39.8 Å². The van der Waals surface area contributed by atoms with Gasteiger partial charge in [0.25, 0.3) is 11.8 Å². The molecule has 2 aromatic rings. The topological polar surface area (TPSA) is 116 Å². The molecular weight excluding hydrogens is 412 g/mol. The van der Waals surface area contributed by atoms with Gasteiger partial charge in [0.05, 0.1) is 23.8 Å². The van der Waals surface area contributed by atoms with Gasteiger partial charge in [-0.2, -0.15) is 0 Å². The number of imide groups is 1. The summed E-state index contributed by atoms with van der Waals surface area (Å²) in [5.41, 5.74) is 0.458. The Morgan fingerprint density at radius 3 is 2.40 bits per heavy atom. The SMILES string of the molecule is CCCOC(=O)c1ccc(N2C(=O)C(Cl)=C(Nc3cccc(C(=O)[O-])c3)C2=O)cc1. The van der Waals surface area contributed by atoms with Crippen molar-refractivity contribution in [3.8, 4) is 0 Å². The Kier molecular flexibility index (Phi) is 6.17. The second kappa shape index (κ2) is 8.79. The number of carboxylic acid groups (broad SMARTS) is 1. The van der Waals surface area contributed by atoms with Gasteiger partial charge in [-0.15, -0.1) is 0 Å². The lowest BCUT2D eigenvalue weighted by molar-refractivity contribution is -0.255. The lowest BCUT2D eigenvalue weighted by Crippen LogP contribution is -2.32. The number of hydrogen-bond donors (Lipinski definition) is 1. The molecule has 0 saturated carbocycles. The summed E-state index contributed by atoms with van der Waals surface area (Å²) in [7, 11) is 0. The Balaban J connectivity index is 1.81. The number of halogens is 1. The van der Waals surface area contributed by atoms with Gasteiger partial charge < -0.3 is 20.0 Å². The van der Waals surface area contributed by atoms with E-state index < -0.39 is 23.8 Å². The summed E-state index contributed by atoms with van der Waals surface area (Å²) in [5.74, 6) is -3.35. The first-order chi connectivity index (χ1) is 14.3. The Labute approximate surface area is 176 Å². The minimum atomic E-state index is -1.38. The molecule has 8 nitrogen and oxygen atoms in total. The molecule has 0 aromatic heterocycles. The molecule has 1 aliphatic heterocycles. The van der Waals surface area contributed by atoms with Crippen LogP contribution in [0, 0.1) is 0 Å². The molecular formula is C21H16ClN2O6-. The summed E-state index contributed by atoms with van der Waals surface area (Å²) < 4.78 is 5.04. The number of nitrogens with one attached hydrogen (secondary N) is 1. The van der Waals surface area contributed by atoms with Crippen molar-refractivity contribution in [3.05, 3.63) is 70.4 Å². The van der Waals surface area contributed by atoms with Crippen LogP contribution in [-0.4, -0.2) is 30.4 Å². The van der Waals surface area contributed by atoms with Crippen molar-refractivity contribution in [1.82, 2.24) is 0 Å². The highest BCUT2D eigenvalue weighted by molar-refractivity contribution is 6.53. The van der Waals surface area contributed by atoms with Crippen LogP contribution in [0.2, 0.25) is 0 Å². The van der Waals surface area contributed by atoms with Crippen molar-refractivity contribution in [3.63, 3.8) is 0 Å². The minimum Gasteiger partial charge on any atom is -0.545 e. The van der Waals surface area contributed by atoms with Gasteiger partial charge in [-0.1, -0.05) is 30.7 Å². The maximum Gasteiger partial charge on any atom is 0.338 e. The fraction of sp³-hybridized carbons (Fsp3) is 0.143. The van der Waals surface area contributed by atoms with Gasteiger partial charge in [-0.05, 0) is 48.4 Å². The summed E-state index contributed by atoms with van der Waals surface area (Å²) >= 11 is 6.06. The fourth-order valence-electron chi connectivity index (χ4n) is 2.74. The monoisotopic (exact) mass is 427 g/mol. The lowest BCUT2D eigenvalue weighted by atomic mass is 10.2. The largest absolute Gasteiger partial charge is 0.545 e. The fourth-order valence-corrected chi connectivity index (χ4v) is 2.95. The first kappa shape index (κ1) is 21.1. The van der Waals surface area contributed by atoms with Crippen molar-refractivity contribution < 1.29 is 29.0 Å². The average Bonchev–Trinajstić information content (AvgIpc) is 2.95. The molecule has 1 aliphatic rings. The van der Waals surface area contributed by atoms with Gasteiger partial charge in [-0.3, -0.25) is 9.59 Å². The third-order valence-corrected chi connectivity index (χ3v) is 4.54. The highest BCUT2D eigenvalue weighted by Crippen LogP contribution is 2.30. The Bertz CT molecular complexity index is 1060. The molecule has 2 aromatic carbocycles. The maximum absolute atomic E-state index is 12.8. The van der Waals surface area contributed by atoms with E-state index in [1.54, 1.807) is 0 Å². The van der Waals surface area contributed by atoms with E-state index in [0.717, 1.165) is 4.90 Å². The molecule has 30 heavy (non-hydrogen) atoms. The number of nitrogens with zero attached hydrogens (tertiary/aromatic N) is 1. The van der Waals surface area contributed by atoms with Crippen molar-refractivity contribution in [2.24, 2.45) is 0 Å². The molecule has 2 amide bonds. The van der Waals surface area contributed by atoms with Crippen LogP contribution in [0.25, 0.3) is 0 Å². The van der Waals surface area contributed by atoms with Crippen LogP contribution in [0.3, 0.4) is 0 Å². The molecule has 154 valence electrons. The highest BCUT2D eigenvalue weighted by atomic mass is 35.5. The summed E-state index contributed by atoms with van der Waals surface area (Å²) in [4.78, 5) is 49.1. The second-order valence-corrected chi connectivity index (χ2v) is 6.69. The van der Waals surface area contributed by atoms with Crippen molar-refractivity contribution >= 4 is 46.7 Å². The number of rotatable bonds is 7. The van der Waals surface area contributed by atoms with Crippen LogP contribution in [0.5, 0.6) is 0 Å². The van der Waals surface area contributed by atoms with Crippen molar-refractivity contribution in [2.75, 3.05) is 16.8 Å². The Hall–Kier alpha value is -3.65. The zero-order valence-electron chi connectivity index (χ0n) is 15.8. The average molecular weight is 428 g/mol. The number of carbonyl (C=O) groups is 4. The normalized spacial score (nSPS) is 13.6. The van der Waals surface area contributed by atoms with Crippen LogP contribution in [0.15, 0.2) is 59.3 Å². The lowest BCUT2D eigenvalue weighted by Gasteiger charge is -2.15. The molecule has 0 radical (unpaired) electrons. The minimum absolute atomic E-state index is 0.101. The number of amides is 2. The molecule has 0 fully saturated rings. The zero-order valence-corrected chi connectivity index (χ0v) is 16.6. The number of carbonyl (C=O) groups excluding carboxylic acids is 4. The molecule has 0 saturated heterocycles. The van der Waals surface area contributed by atoms with Crippen LogP contribution in [0.4, 0.5) is 11.4 Å². The van der Waals surface area contributed by atoms with Crippen LogP contribution in [0.1, 0.15) is 34.1 Å². The van der Waals surface area contributed by atoms with Crippen LogP contribution < -0.4 is 15.3 Å². The molecule has 1 N–H and O–H groups in total. The third-order valence-electron chi connectivity index (χ3n) is 4.19. The van der Waals surface area contributed by atoms with E-state index >= 15 is 0 Å². The van der Waals surface area contributed by atoms with E-state index in [1.807, 2.05) is 6.92 Å². The van der Waals surface area contributed by atoms with Crippen molar-refractivity contribution in [2.45, 2.75) is 13.3 Å². The molecule has 3 rings (SSSR count). The number of ether oxygens (including phenoxy) is 1. The van der Waals surface area contributed by atoms with E-state index in [1.165, 1.54) is 48.5 Å². The number of esters is 1. The number of anilines is 2. The summed E-state index contributed by atoms with van der Waals surface area (Å²) in [6.45, 7) is 2.16. The summed E-state index contributed by atoms with van der Waals surface area (Å²) in [6.07, 6.45) is 0.687. The molecule has 0 unspecified atom stereocenters. The molecule has 0 aliphatic carbocycles. The molecule has 0 atom stereocenters. The van der Waals surface area contributed by atoms with Crippen LogP contribution in [-0.2, 0) is 14.3 Å². The number of benzene rings is 2. The standard InChI is InChI=1S/C21H17ClN2O6/c1-2-10-30-21(29)12-6-8-15(9-7-12)24-18(25)16(22)17(19(24)26)23-14-5-3-4-13(11-14)20(27)28/h3-9,11,23H,2,10H2,1H3,(H,27,28)/p-1. The van der Waals surface area contributed by atoms with Gasteiger partial charge in [0.2, 0.25) is 0 Å². The van der Waals surface area contributed by atoms with Crippen molar-refractivity contribution in [1.29, 1.82) is 0 Å². The Morgan fingerprint density at radius 2 is 1.77 bits per heavy atom. The predicted molar refractivity (Wildman–Crippen MR) is 107 cm³/mol. The van der Waals surface area contributed by atoms with Gasteiger partial charge >= 0.3 is 5.97 Å². The van der Waals surface area contributed by atoms with E-state index in [2.05, 4.69) is 5.32 Å². The highest BCUT2D eigenvalue weighted by Gasteiger charge is 2.39. The molecule has 0 spiro atoms. The third kappa shape index (κ3) is 4.18. The van der Waals surface area contributed by atoms with Gasteiger partial charge in [-0.25, -0.2) is 9.69 Å². The Morgan fingerprint density at radius 1 is 1.07 bits per heavy atom.